The Morgan fingerprint density at radius 2 is 1.49 bits per heavy atom. The maximum absolute atomic E-state index is 14.0. The molecular formula is C37H45ClN2O5. The number of rotatable bonds is 8. The number of halogens is 1. The molecule has 0 spiro atoms. The Morgan fingerprint density at radius 3 is 2.02 bits per heavy atom. The summed E-state index contributed by atoms with van der Waals surface area (Å²) in [4.78, 5) is 43.0. The van der Waals surface area contributed by atoms with Crippen molar-refractivity contribution in [3.05, 3.63) is 74.6 Å². The van der Waals surface area contributed by atoms with Crippen molar-refractivity contribution in [1.29, 1.82) is 0 Å². The summed E-state index contributed by atoms with van der Waals surface area (Å²) in [6, 6.07) is 9.31. The first-order valence-corrected chi connectivity index (χ1v) is 16.3. The van der Waals surface area contributed by atoms with E-state index in [-0.39, 0.29) is 45.7 Å². The number of nitrogens with one attached hydrogen (secondary N) is 1. The zero-order valence-corrected chi connectivity index (χ0v) is 28.5. The van der Waals surface area contributed by atoms with Gasteiger partial charge in [-0.2, -0.15) is 0 Å². The first kappa shape index (κ1) is 32.8. The number of aryl methyl sites for hydroxylation is 2. The third kappa shape index (κ3) is 6.55. The van der Waals surface area contributed by atoms with Crippen molar-refractivity contribution in [3.8, 4) is 11.5 Å². The van der Waals surface area contributed by atoms with Gasteiger partial charge in [0.05, 0.1) is 11.6 Å². The van der Waals surface area contributed by atoms with Gasteiger partial charge in [0.1, 0.15) is 0 Å². The molecule has 1 aliphatic heterocycles. The van der Waals surface area contributed by atoms with Crippen molar-refractivity contribution < 1.29 is 23.9 Å². The average Bonchev–Trinajstić information content (AvgIpc) is 2.92. The maximum Gasteiger partial charge on any atom is 0.262 e. The van der Waals surface area contributed by atoms with Gasteiger partial charge in [-0.1, -0.05) is 45.4 Å². The van der Waals surface area contributed by atoms with E-state index in [1.54, 1.807) is 6.07 Å². The van der Waals surface area contributed by atoms with E-state index in [1.165, 1.54) is 0 Å². The van der Waals surface area contributed by atoms with E-state index in [1.807, 2.05) is 45.0 Å². The number of nitrogens with zero attached hydrogens (tertiary/aromatic N) is 1. The number of anilines is 1. The molecule has 240 valence electrons. The number of benzene rings is 2. The Morgan fingerprint density at radius 1 is 0.889 bits per heavy atom. The third-order valence-corrected chi connectivity index (χ3v) is 9.42. The molecule has 8 heteroatoms. The number of hydrogen-bond acceptors (Lipinski definition) is 6. The minimum absolute atomic E-state index is 0.0614. The van der Waals surface area contributed by atoms with Crippen LogP contribution in [0.5, 0.6) is 11.5 Å². The minimum atomic E-state index is -0.552. The molecule has 2 aromatic carbocycles. The predicted octanol–water partition coefficient (Wildman–Crippen LogP) is 8.08. The molecule has 5 rings (SSSR count). The van der Waals surface area contributed by atoms with Gasteiger partial charge in [-0.15, -0.1) is 0 Å². The Balaban J connectivity index is 1.55. The first-order chi connectivity index (χ1) is 21.1. The van der Waals surface area contributed by atoms with Crippen molar-refractivity contribution in [2.24, 2.45) is 10.8 Å². The molecule has 3 aliphatic rings. The second kappa shape index (κ2) is 12.3. The van der Waals surface area contributed by atoms with Gasteiger partial charge in [-0.25, -0.2) is 0 Å². The molecule has 0 bridgehead atoms. The van der Waals surface area contributed by atoms with E-state index in [9.17, 15) is 14.4 Å². The number of hydrogen-bond donors (Lipinski definition) is 1. The van der Waals surface area contributed by atoms with E-state index in [4.69, 9.17) is 21.1 Å². The second-order valence-corrected chi connectivity index (χ2v) is 14.6. The van der Waals surface area contributed by atoms with Crippen LogP contribution in [-0.4, -0.2) is 42.1 Å². The van der Waals surface area contributed by atoms with Crippen LogP contribution in [0.3, 0.4) is 0 Å². The topological polar surface area (TPSA) is 84.9 Å². The highest BCUT2D eigenvalue weighted by Crippen LogP contribution is 2.55. The van der Waals surface area contributed by atoms with Crippen LogP contribution in [0.4, 0.5) is 5.69 Å². The molecule has 0 aromatic heterocycles. The number of ketones is 2. The summed E-state index contributed by atoms with van der Waals surface area (Å²) in [5.74, 6) is -0.142. The summed E-state index contributed by atoms with van der Waals surface area (Å²) in [5, 5.41) is 3.12. The third-order valence-electron chi connectivity index (χ3n) is 9.14. The average molecular weight is 633 g/mol. The zero-order valence-electron chi connectivity index (χ0n) is 27.8. The van der Waals surface area contributed by atoms with Crippen LogP contribution in [0.1, 0.15) is 89.8 Å². The van der Waals surface area contributed by atoms with Gasteiger partial charge in [0.15, 0.2) is 29.7 Å². The Kier molecular flexibility index (Phi) is 8.98. The quantitative estimate of drug-likeness (QED) is 0.317. The normalized spacial score (nSPS) is 19.4. The van der Waals surface area contributed by atoms with E-state index >= 15 is 0 Å². The van der Waals surface area contributed by atoms with Gasteiger partial charge in [-0.05, 0) is 92.3 Å². The molecule has 1 N–H and O–H groups in total. The number of allylic oxidation sites excluding steroid dienone is 4. The molecule has 0 fully saturated rings. The number of ether oxygens (including phenoxy) is 2. The summed E-state index contributed by atoms with van der Waals surface area (Å²) >= 11 is 6.89. The van der Waals surface area contributed by atoms with Gasteiger partial charge in [0, 0.05) is 53.5 Å². The monoisotopic (exact) mass is 632 g/mol. The smallest absolute Gasteiger partial charge is 0.262 e. The lowest BCUT2D eigenvalue weighted by atomic mass is 9.63. The van der Waals surface area contributed by atoms with Crippen LogP contribution < -0.4 is 14.8 Å². The van der Waals surface area contributed by atoms with E-state index in [2.05, 4.69) is 44.8 Å². The molecule has 0 saturated carbocycles. The highest BCUT2D eigenvalue weighted by molar-refractivity contribution is 6.32. The SMILES string of the molecule is CCOc1cc(C2C3=C(CC(C)(C)CC3=O)N(CC)C3=C2C(=O)CC(C)(C)C3)cc(Cl)c1OCC(=O)Nc1ccc(C)c(C)c1. The van der Waals surface area contributed by atoms with Crippen LogP contribution >= 0.6 is 11.6 Å². The number of amides is 1. The molecule has 2 aromatic rings. The van der Waals surface area contributed by atoms with Crippen molar-refractivity contribution in [2.45, 2.75) is 87.0 Å². The summed E-state index contributed by atoms with van der Waals surface area (Å²) in [6.45, 7) is 17.2. The Labute approximate surface area is 272 Å². The Hall–Kier alpha value is -3.58. The summed E-state index contributed by atoms with van der Waals surface area (Å²) in [5.41, 5.74) is 6.61. The molecule has 0 saturated heterocycles. The van der Waals surface area contributed by atoms with Crippen LogP contribution in [0.2, 0.25) is 5.02 Å². The van der Waals surface area contributed by atoms with Gasteiger partial charge in [0.2, 0.25) is 0 Å². The fraction of sp³-hybridized carbons (Fsp3) is 0.486. The first-order valence-electron chi connectivity index (χ1n) is 15.9. The molecule has 2 aliphatic carbocycles. The second-order valence-electron chi connectivity index (χ2n) is 14.2. The summed E-state index contributed by atoms with van der Waals surface area (Å²) in [7, 11) is 0. The highest BCUT2D eigenvalue weighted by Gasteiger charge is 2.48. The van der Waals surface area contributed by atoms with Crippen molar-refractivity contribution in [1.82, 2.24) is 4.90 Å². The lowest BCUT2D eigenvalue weighted by Gasteiger charge is -2.49. The molecule has 0 unspecified atom stereocenters. The van der Waals surface area contributed by atoms with E-state index in [0.717, 1.165) is 35.4 Å². The standard InChI is InChI=1S/C37H45ClN2O5/c1-9-40-26-16-36(5,6)18-28(41)33(26)32(34-27(40)17-37(7,8)19-29(34)42)23-14-25(38)35(30(15-23)44-10-2)45-20-31(43)39-24-12-11-21(3)22(4)13-24/h11-15,32H,9-10,16-20H2,1-8H3,(H,39,43). The largest absolute Gasteiger partial charge is 0.490 e. The number of Topliss-reactive ketones (excluding diaryl/α,β-unsaturated/α-hetero) is 2. The number of carbonyl (C=O) groups excluding carboxylic acids is 3. The maximum atomic E-state index is 14.0. The minimum Gasteiger partial charge on any atom is -0.490 e. The summed E-state index contributed by atoms with van der Waals surface area (Å²) < 4.78 is 12.0. The fourth-order valence-electron chi connectivity index (χ4n) is 7.07. The summed E-state index contributed by atoms with van der Waals surface area (Å²) in [6.07, 6.45) is 2.30. The molecule has 1 amide bonds. The van der Waals surface area contributed by atoms with Gasteiger partial charge >= 0.3 is 0 Å². The molecule has 0 atom stereocenters. The van der Waals surface area contributed by atoms with Crippen LogP contribution in [0.25, 0.3) is 0 Å². The van der Waals surface area contributed by atoms with Crippen molar-refractivity contribution >= 4 is 34.8 Å². The molecule has 7 nitrogen and oxygen atoms in total. The fourth-order valence-corrected chi connectivity index (χ4v) is 7.35. The van der Waals surface area contributed by atoms with Crippen LogP contribution in [0, 0.1) is 24.7 Å². The molecule has 45 heavy (non-hydrogen) atoms. The molecular weight excluding hydrogens is 588 g/mol. The van der Waals surface area contributed by atoms with Gasteiger partial charge < -0.3 is 19.7 Å². The lowest BCUT2D eigenvalue weighted by molar-refractivity contribution is -0.120. The predicted molar refractivity (Wildman–Crippen MR) is 178 cm³/mol. The number of carbonyl (C=O) groups is 3. The van der Waals surface area contributed by atoms with Crippen molar-refractivity contribution in [3.63, 3.8) is 0 Å². The lowest BCUT2D eigenvalue weighted by Crippen LogP contribution is -2.44. The van der Waals surface area contributed by atoms with Gasteiger partial charge in [0.25, 0.3) is 5.91 Å². The van der Waals surface area contributed by atoms with E-state index < -0.39 is 5.92 Å². The van der Waals surface area contributed by atoms with Crippen molar-refractivity contribution in [2.75, 3.05) is 25.1 Å². The Bertz CT molecular complexity index is 1580. The van der Waals surface area contributed by atoms with Crippen LogP contribution in [-0.2, 0) is 14.4 Å². The van der Waals surface area contributed by atoms with Gasteiger partial charge in [-0.3, -0.25) is 14.4 Å². The highest BCUT2D eigenvalue weighted by atomic mass is 35.5. The molecule has 1 heterocycles. The van der Waals surface area contributed by atoms with E-state index in [0.29, 0.717) is 54.1 Å². The zero-order chi connectivity index (χ0) is 32.8. The molecule has 0 radical (unpaired) electrons. The van der Waals surface area contributed by atoms with Crippen LogP contribution in [0.15, 0.2) is 52.9 Å².